The minimum Gasteiger partial charge on any atom is -0.354 e. The van der Waals surface area contributed by atoms with Crippen molar-refractivity contribution in [3.05, 3.63) is 65.4 Å². The highest BCUT2D eigenvalue weighted by molar-refractivity contribution is 6.30. The third-order valence-electron chi connectivity index (χ3n) is 3.34. The number of hydrogen-bond donors (Lipinski definition) is 1. The molecule has 0 aliphatic rings. The zero-order valence-corrected chi connectivity index (χ0v) is 13.7. The van der Waals surface area contributed by atoms with Gasteiger partial charge < -0.3 is 9.42 Å². The van der Waals surface area contributed by atoms with Gasteiger partial charge in [0.2, 0.25) is 0 Å². The summed E-state index contributed by atoms with van der Waals surface area (Å²) in [6, 6.07) is 12.3. The highest BCUT2D eigenvalue weighted by Crippen LogP contribution is 2.25. The molecule has 24 heavy (non-hydrogen) atoms. The third-order valence-corrected chi connectivity index (χ3v) is 3.58. The van der Waals surface area contributed by atoms with E-state index in [-0.39, 0.29) is 6.03 Å². The van der Waals surface area contributed by atoms with Crippen molar-refractivity contribution in [1.82, 2.24) is 15.0 Å². The Labute approximate surface area is 144 Å². The molecule has 0 saturated carbocycles. The van der Waals surface area contributed by atoms with Gasteiger partial charge >= 0.3 is 6.03 Å². The van der Waals surface area contributed by atoms with E-state index < -0.39 is 0 Å². The summed E-state index contributed by atoms with van der Waals surface area (Å²) in [6.45, 7) is 0.443. The number of aromatic nitrogens is 2. The molecule has 1 N–H and O–H groups in total. The largest absolute Gasteiger partial charge is 0.354 e. The predicted octanol–water partition coefficient (Wildman–Crippen LogP) is 4.05. The summed E-state index contributed by atoms with van der Waals surface area (Å²) >= 11 is 5.96. The topological polar surface area (TPSA) is 71.3 Å². The fourth-order valence-electron chi connectivity index (χ4n) is 2.15. The van der Waals surface area contributed by atoms with Crippen LogP contribution in [0.25, 0.3) is 11.3 Å². The molecule has 2 heterocycles. The van der Waals surface area contributed by atoms with Gasteiger partial charge in [-0.3, -0.25) is 10.3 Å². The minimum atomic E-state index is -0.287. The van der Waals surface area contributed by atoms with Crippen molar-refractivity contribution in [2.45, 2.75) is 6.54 Å². The first kappa shape index (κ1) is 16.0. The number of anilines is 1. The predicted molar refractivity (Wildman–Crippen MR) is 91.7 cm³/mol. The van der Waals surface area contributed by atoms with Crippen LogP contribution in [0.5, 0.6) is 0 Å². The number of carbonyl (C=O) groups is 1. The maximum atomic E-state index is 12.2. The zero-order valence-electron chi connectivity index (χ0n) is 12.9. The van der Waals surface area contributed by atoms with E-state index in [0.29, 0.717) is 23.1 Å². The molecule has 0 radical (unpaired) electrons. The van der Waals surface area contributed by atoms with Gasteiger partial charge in [0.15, 0.2) is 11.6 Å². The van der Waals surface area contributed by atoms with E-state index in [1.807, 2.05) is 24.3 Å². The highest BCUT2D eigenvalue weighted by Gasteiger charge is 2.13. The quantitative estimate of drug-likeness (QED) is 0.776. The fourth-order valence-corrected chi connectivity index (χ4v) is 2.34. The molecule has 3 aromatic rings. The molecule has 0 spiro atoms. The molecule has 0 atom stereocenters. The number of pyridine rings is 1. The first-order valence-electron chi connectivity index (χ1n) is 7.25. The Morgan fingerprint density at radius 3 is 2.92 bits per heavy atom. The van der Waals surface area contributed by atoms with Gasteiger partial charge in [-0.2, -0.15) is 0 Å². The van der Waals surface area contributed by atoms with Crippen molar-refractivity contribution in [3.8, 4) is 11.3 Å². The van der Waals surface area contributed by atoms with E-state index in [1.165, 1.54) is 4.90 Å². The molecule has 0 fully saturated rings. The minimum absolute atomic E-state index is 0.287. The van der Waals surface area contributed by atoms with Gasteiger partial charge in [0.1, 0.15) is 0 Å². The SMILES string of the molecule is CN(Cc1cccnc1)C(=O)Nc1cc(-c2cccc(Cl)c2)on1. The van der Waals surface area contributed by atoms with Crippen LogP contribution in [0.4, 0.5) is 10.6 Å². The van der Waals surface area contributed by atoms with Crippen LogP contribution in [0.15, 0.2) is 59.4 Å². The molecule has 2 aromatic heterocycles. The van der Waals surface area contributed by atoms with Crippen LogP contribution in [0.2, 0.25) is 5.02 Å². The molecule has 0 bridgehead atoms. The second kappa shape index (κ2) is 7.14. The van der Waals surface area contributed by atoms with Gasteiger partial charge in [-0.1, -0.05) is 35.0 Å². The van der Waals surface area contributed by atoms with E-state index in [9.17, 15) is 4.79 Å². The Morgan fingerprint density at radius 1 is 1.29 bits per heavy atom. The van der Waals surface area contributed by atoms with Crippen LogP contribution in [0, 0.1) is 0 Å². The van der Waals surface area contributed by atoms with E-state index in [4.69, 9.17) is 16.1 Å². The average molecular weight is 343 g/mol. The van der Waals surface area contributed by atoms with Crippen molar-refractivity contribution in [2.24, 2.45) is 0 Å². The molecule has 6 nitrogen and oxygen atoms in total. The number of carbonyl (C=O) groups excluding carboxylic acids is 1. The van der Waals surface area contributed by atoms with Gasteiger partial charge in [-0.05, 0) is 23.8 Å². The lowest BCUT2D eigenvalue weighted by Gasteiger charge is -2.16. The molecule has 3 rings (SSSR count). The number of rotatable bonds is 4. The summed E-state index contributed by atoms with van der Waals surface area (Å²) in [6.07, 6.45) is 3.41. The summed E-state index contributed by atoms with van der Waals surface area (Å²) in [5, 5.41) is 7.16. The molecular formula is C17H15ClN4O2. The number of hydrogen-bond acceptors (Lipinski definition) is 4. The third kappa shape index (κ3) is 3.91. The summed E-state index contributed by atoms with van der Waals surface area (Å²) < 4.78 is 5.25. The molecule has 0 unspecified atom stereocenters. The molecule has 0 saturated heterocycles. The van der Waals surface area contributed by atoms with Crippen molar-refractivity contribution in [2.75, 3.05) is 12.4 Å². The first-order chi connectivity index (χ1) is 11.6. The van der Waals surface area contributed by atoms with Crippen molar-refractivity contribution in [1.29, 1.82) is 0 Å². The Bertz CT molecular complexity index is 835. The lowest BCUT2D eigenvalue weighted by atomic mass is 10.2. The van der Waals surface area contributed by atoms with Crippen LogP contribution in [0.1, 0.15) is 5.56 Å². The van der Waals surface area contributed by atoms with Crippen molar-refractivity contribution in [3.63, 3.8) is 0 Å². The molecule has 0 aliphatic heterocycles. The standard InChI is InChI=1S/C17H15ClN4O2/c1-22(11-12-4-3-7-19-10-12)17(23)20-16-9-15(24-21-16)13-5-2-6-14(18)8-13/h2-10H,11H2,1H3,(H,20,21,23). The number of halogens is 1. The number of benzene rings is 1. The normalized spacial score (nSPS) is 10.4. The van der Waals surface area contributed by atoms with Gasteiger partial charge in [0.25, 0.3) is 0 Å². The van der Waals surface area contributed by atoms with Crippen LogP contribution < -0.4 is 5.32 Å². The van der Waals surface area contributed by atoms with E-state index in [2.05, 4.69) is 15.5 Å². The summed E-state index contributed by atoms with van der Waals surface area (Å²) in [5.74, 6) is 0.871. The summed E-state index contributed by atoms with van der Waals surface area (Å²) in [5.41, 5.74) is 1.73. The van der Waals surface area contributed by atoms with Gasteiger partial charge in [-0.25, -0.2) is 4.79 Å². The lowest BCUT2D eigenvalue weighted by molar-refractivity contribution is 0.220. The Kier molecular flexibility index (Phi) is 4.77. The van der Waals surface area contributed by atoms with Crippen molar-refractivity contribution < 1.29 is 9.32 Å². The molecule has 1 aromatic carbocycles. The van der Waals surface area contributed by atoms with E-state index in [1.54, 1.807) is 37.6 Å². The number of nitrogens with one attached hydrogen (secondary N) is 1. The molecule has 7 heteroatoms. The highest BCUT2D eigenvalue weighted by atomic mass is 35.5. The monoisotopic (exact) mass is 342 g/mol. The number of nitrogens with zero attached hydrogens (tertiary/aromatic N) is 3. The summed E-state index contributed by atoms with van der Waals surface area (Å²) in [4.78, 5) is 17.8. The Morgan fingerprint density at radius 2 is 2.17 bits per heavy atom. The Balaban J connectivity index is 1.65. The van der Waals surface area contributed by atoms with Gasteiger partial charge in [0, 0.05) is 42.6 Å². The van der Waals surface area contributed by atoms with Gasteiger partial charge in [0.05, 0.1) is 0 Å². The number of amides is 2. The second-order valence-electron chi connectivity index (χ2n) is 5.23. The second-order valence-corrected chi connectivity index (χ2v) is 5.67. The molecular weight excluding hydrogens is 328 g/mol. The maximum Gasteiger partial charge on any atom is 0.323 e. The van der Waals surface area contributed by atoms with E-state index >= 15 is 0 Å². The van der Waals surface area contributed by atoms with E-state index in [0.717, 1.165) is 11.1 Å². The van der Waals surface area contributed by atoms with Crippen LogP contribution >= 0.6 is 11.6 Å². The summed E-state index contributed by atoms with van der Waals surface area (Å²) in [7, 11) is 1.69. The van der Waals surface area contributed by atoms with Gasteiger partial charge in [-0.15, -0.1) is 0 Å². The number of urea groups is 1. The first-order valence-corrected chi connectivity index (χ1v) is 7.63. The molecule has 2 amide bonds. The van der Waals surface area contributed by atoms with Crippen LogP contribution in [-0.4, -0.2) is 28.1 Å². The fraction of sp³-hybridized carbons (Fsp3) is 0.118. The average Bonchev–Trinajstić information content (AvgIpc) is 3.04. The van der Waals surface area contributed by atoms with Crippen LogP contribution in [-0.2, 0) is 6.54 Å². The van der Waals surface area contributed by atoms with Crippen molar-refractivity contribution >= 4 is 23.4 Å². The smallest absolute Gasteiger partial charge is 0.323 e. The van der Waals surface area contributed by atoms with Crippen LogP contribution in [0.3, 0.4) is 0 Å². The molecule has 122 valence electrons. The lowest BCUT2D eigenvalue weighted by Crippen LogP contribution is -2.30. The molecule has 0 aliphatic carbocycles. The Hall–Kier alpha value is -2.86. The zero-order chi connectivity index (χ0) is 16.9. The maximum absolute atomic E-state index is 12.2.